The third-order valence-electron chi connectivity index (χ3n) is 3.31. The van der Waals surface area contributed by atoms with Crippen molar-refractivity contribution in [3.63, 3.8) is 0 Å². The smallest absolute Gasteiger partial charge is 0.155 e. The van der Waals surface area contributed by atoms with E-state index in [9.17, 15) is 0 Å². The summed E-state index contributed by atoms with van der Waals surface area (Å²) >= 11 is 0. The van der Waals surface area contributed by atoms with Crippen LogP contribution in [0.1, 0.15) is 18.8 Å². The first-order valence-electron chi connectivity index (χ1n) is 6.70. The van der Waals surface area contributed by atoms with Crippen molar-refractivity contribution in [2.24, 2.45) is 5.73 Å². The predicted octanol–water partition coefficient (Wildman–Crippen LogP) is 1.36. The summed E-state index contributed by atoms with van der Waals surface area (Å²) < 4.78 is 7.02. The zero-order valence-corrected chi connectivity index (χ0v) is 13.9. The van der Waals surface area contributed by atoms with Gasteiger partial charge in [0.15, 0.2) is 11.6 Å². The molecular weight excluding hydrogens is 327 g/mol. The molecule has 3 heterocycles. The van der Waals surface area contributed by atoms with E-state index < -0.39 is 0 Å². The number of hydrogen-bond acceptors (Lipinski definition) is 6. The van der Waals surface area contributed by atoms with Crippen LogP contribution < -0.4 is 10.6 Å². The minimum absolute atomic E-state index is 0. The van der Waals surface area contributed by atoms with Crippen LogP contribution in [0.5, 0.6) is 0 Å². The molecule has 0 amide bonds. The standard InChI is InChI=1S/C13H18N6O.2ClH/c1-10(14)13-16-9-17-19(13)12-3-2-11(8-15-12)18-4-6-20-7-5-18;;/h2-3,8-10H,4-7,14H2,1H3;2*1H/t10-;;/m0../s1. The van der Waals surface area contributed by atoms with Gasteiger partial charge in [-0.25, -0.2) is 9.97 Å². The van der Waals surface area contributed by atoms with E-state index in [0.717, 1.165) is 37.8 Å². The lowest BCUT2D eigenvalue weighted by Crippen LogP contribution is -2.36. The summed E-state index contributed by atoms with van der Waals surface area (Å²) in [6.07, 6.45) is 3.35. The minimum Gasteiger partial charge on any atom is -0.378 e. The number of anilines is 1. The fraction of sp³-hybridized carbons (Fsp3) is 0.462. The quantitative estimate of drug-likeness (QED) is 0.903. The van der Waals surface area contributed by atoms with E-state index in [-0.39, 0.29) is 30.9 Å². The molecule has 1 aliphatic rings. The molecule has 3 rings (SSSR count). The van der Waals surface area contributed by atoms with Gasteiger partial charge in [0.05, 0.1) is 31.1 Å². The van der Waals surface area contributed by atoms with Crippen LogP contribution >= 0.6 is 24.8 Å². The lowest BCUT2D eigenvalue weighted by molar-refractivity contribution is 0.122. The number of pyridine rings is 1. The van der Waals surface area contributed by atoms with Gasteiger partial charge in [-0.1, -0.05) is 0 Å². The first-order valence-corrected chi connectivity index (χ1v) is 6.70. The molecule has 1 atom stereocenters. The van der Waals surface area contributed by atoms with Gasteiger partial charge >= 0.3 is 0 Å². The molecule has 0 bridgehead atoms. The Labute approximate surface area is 141 Å². The highest BCUT2D eigenvalue weighted by Gasteiger charge is 2.14. The molecule has 1 aliphatic heterocycles. The van der Waals surface area contributed by atoms with Gasteiger partial charge in [0.1, 0.15) is 6.33 Å². The summed E-state index contributed by atoms with van der Waals surface area (Å²) in [5.41, 5.74) is 6.97. The number of aromatic nitrogens is 4. The van der Waals surface area contributed by atoms with E-state index in [1.165, 1.54) is 6.33 Å². The number of nitrogens with two attached hydrogens (primary N) is 1. The summed E-state index contributed by atoms with van der Waals surface area (Å²) in [6, 6.07) is 3.80. The van der Waals surface area contributed by atoms with Crippen molar-refractivity contribution in [1.29, 1.82) is 0 Å². The van der Waals surface area contributed by atoms with Gasteiger partial charge in [0.25, 0.3) is 0 Å². The van der Waals surface area contributed by atoms with Crippen LogP contribution in [-0.4, -0.2) is 46.1 Å². The Balaban J connectivity index is 0.00000121. The highest BCUT2D eigenvalue weighted by Crippen LogP contribution is 2.17. The normalized spacial score (nSPS) is 15.6. The lowest BCUT2D eigenvalue weighted by Gasteiger charge is -2.28. The van der Waals surface area contributed by atoms with Crippen LogP contribution in [0.15, 0.2) is 24.7 Å². The summed E-state index contributed by atoms with van der Waals surface area (Å²) in [6.45, 7) is 5.20. The molecule has 1 saturated heterocycles. The van der Waals surface area contributed by atoms with Crippen molar-refractivity contribution in [1.82, 2.24) is 19.7 Å². The maximum absolute atomic E-state index is 5.87. The van der Waals surface area contributed by atoms with Crippen LogP contribution in [0.25, 0.3) is 5.82 Å². The van der Waals surface area contributed by atoms with E-state index >= 15 is 0 Å². The summed E-state index contributed by atoms with van der Waals surface area (Å²) in [5, 5.41) is 4.18. The molecule has 7 nitrogen and oxygen atoms in total. The van der Waals surface area contributed by atoms with E-state index in [0.29, 0.717) is 5.82 Å². The van der Waals surface area contributed by atoms with Gasteiger partial charge in [-0.2, -0.15) is 9.78 Å². The number of halogens is 2. The van der Waals surface area contributed by atoms with Crippen molar-refractivity contribution in [3.8, 4) is 5.82 Å². The second kappa shape index (κ2) is 8.28. The van der Waals surface area contributed by atoms with Crippen LogP contribution in [-0.2, 0) is 4.74 Å². The van der Waals surface area contributed by atoms with E-state index in [1.54, 1.807) is 4.68 Å². The maximum Gasteiger partial charge on any atom is 0.155 e. The number of morpholine rings is 1. The fourth-order valence-electron chi connectivity index (χ4n) is 2.25. The Kier molecular flexibility index (Phi) is 7.02. The molecule has 0 spiro atoms. The maximum atomic E-state index is 5.87. The van der Waals surface area contributed by atoms with Gasteiger partial charge in [0.2, 0.25) is 0 Å². The Morgan fingerprint density at radius 1 is 1.18 bits per heavy atom. The molecule has 0 saturated carbocycles. The van der Waals surface area contributed by atoms with Crippen LogP contribution in [0, 0.1) is 0 Å². The molecule has 2 aromatic heterocycles. The first-order chi connectivity index (χ1) is 9.75. The highest BCUT2D eigenvalue weighted by molar-refractivity contribution is 5.85. The second-order valence-electron chi connectivity index (χ2n) is 4.79. The number of ether oxygens (including phenoxy) is 1. The summed E-state index contributed by atoms with van der Waals surface area (Å²) in [7, 11) is 0. The number of nitrogens with zero attached hydrogens (tertiary/aromatic N) is 5. The molecule has 122 valence electrons. The van der Waals surface area contributed by atoms with Gasteiger partial charge < -0.3 is 15.4 Å². The van der Waals surface area contributed by atoms with Gasteiger partial charge in [0, 0.05) is 13.1 Å². The second-order valence-corrected chi connectivity index (χ2v) is 4.79. The third kappa shape index (κ3) is 3.86. The Morgan fingerprint density at radius 2 is 1.91 bits per heavy atom. The summed E-state index contributed by atoms with van der Waals surface area (Å²) in [5.74, 6) is 1.43. The average Bonchev–Trinajstić information content (AvgIpc) is 2.98. The molecule has 2 N–H and O–H groups in total. The van der Waals surface area contributed by atoms with Crippen LogP contribution in [0.3, 0.4) is 0 Å². The number of hydrogen-bond donors (Lipinski definition) is 1. The van der Waals surface area contributed by atoms with Crippen molar-refractivity contribution in [3.05, 3.63) is 30.5 Å². The number of rotatable bonds is 3. The van der Waals surface area contributed by atoms with Crippen LogP contribution in [0.2, 0.25) is 0 Å². The molecule has 22 heavy (non-hydrogen) atoms. The van der Waals surface area contributed by atoms with Gasteiger partial charge in [-0.15, -0.1) is 24.8 Å². The van der Waals surface area contributed by atoms with E-state index in [4.69, 9.17) is 10.5 Å². The average molecular weight is 347 g/mol. The van der Waals surface area contributed by atoms with Gasteiger partial charge in [-0.05, 0) is 19.1 Å². The van der Waals surface area contributed by atoms with E-state index in [1.807, 2.05) is 25.3 Å². The van der Waals surface area contributed by atoms with Crippen molar-refractivity contribution >= 4 is 30.5 Å². The monoisotopic (exact) mass is 346 g/mol. The Bertz CT molecular complexity index is 568. The third-order valence-corrected chi connectivity index (χ3v) is 3.31. The molecule has 1 fully saturated rings. The Morgan fingerprint density at radius 3 is 2.50 bits per heavy atom. The molecule has 0 aromatic carbocycles. The van der Waals surface area contributed by atoms with Crippen molar-refractivity contribution < 1.29 is 4.74 Å². The van der Waals surface area contributed by atoms with E-state index in [2.05, 4.69) is 20.0 Å². The lowest BCUT2D eigenvalue weighted by atomic mass is 10.3. The molecule has 0 unspecified atom stereocenters. The minimum atomic E-state index is -0.182. The molecule has 9 heteroatoms. The van der Waals surface area contributed by atoms with Gasteiger partial charge in [-0.3, -0.25) is 0 Å². The topological polar surface area (TPSA) is 82.1 Å². The van der Waals surface area contributed by atoms with Crippen molar-refractivity contribution in [2.45, 2.75) is 13.0 Å². The SMILES string of the molecule is C[C@H](N)c1ncnn1-c1ccc(N2CCOCC2)cn1.Cl.Cl. The zero-order chi connectivity index (χ0) is 13.9. The van der Waals surface area contributed by atoms with Crippen LogP contribution in [0.4, 0.5) is 5.69 Å². The molecule has 2 aromatic rings. The molecular formula is C13H20Cl2N6O. The highest BCUT2D eigenvalue weighted by atomic mass is 35.5. The Hall–Kier alpha value is -1.41. The molecule has 0 radical (unpaired) electrons. The summed E-state index contributed by atoms with van der Waals surface area (Å²) in [4.78, 5) is 10.9. The first kappa shape index (κ1) is 18.6. The largest absolute Gasteiger partial charge is 0.378 e. The predicted molar refractivity (Wildman–Crippen MR) is 89.3 cm³/mol. The molecule has 0 aliphatic carbocycles. The zero-order valence-electron chi connectivity index (χ0n) is 12.3. The van der Waals surface area contributed by atoms with Crippen molar-refractivity contribution in [2.75, 3.05) is 31.2 Å². The fourth-order valence-corrected chi connectivity index (χ4v) is 2.25.